The summed E-state index contributed by atoms with van der Waals surface area (Å²) < 4.78 is 4.02. The van der Waals surface area contributed by atoms with Crippen molar-refractivity contribution in [3.63, 3.8) is 0 Å². The first-order valence-corrected chi connectivity index (χ1v) is 4.85. The molecule has 0 bridgehead atoms. The van der Waals surface area contributed by atoms with E-state index in [0.29, 0.717) is 0 Å². The van der Waals surface area contributed by atoms with Crippen molar-refractivity contribution >= 4 is 18.4 Å². The Hall–Kier alpha value is -1.86. The lowest BCUT2D eigenvalue weighted by atomic mass is 10.0. The van der Waals surface area contributed by atoms with Gasteiger partial charge in [-0.2, -0.15) is 0 Å². The lowest BCUT2D eigenvalue weighted by molar-refractivity contribution is -0.136. The van der Waals surface area contributed by atoms with E-state index in [1.165, 1.54) is 5.57 Å². The highest BCUT2D eigenvalue weighted by Crippen LogP contribution is 2.37. The molecular formula is C12H12NO2+. The van der Waals surface area contributed by atoms with Gasteiger partial charge < -0.3 is 5.11 Å². The number of rotatable bonds is 2. The molecule has 1 aliphatic heterocycles. The molecule has 3 heteroatoms. The number of hydrogen-bond acceptors (Lipinski definition) is 1. The van der Waals surface area contributed by atoms with E-state index in [0.717, 1.165) is 23.1 Å². The third-order valence-corrected chi connectivity index (χ3v) is 2.66. The van der Waals surface area contributed by atoms with Gasteiger partial charge in [0.15, 0.2) is 0 Å². The van der Waals surface area contributed by atoms with E-state index < -0.39 is 5.97 Å². The number of carboxylic acids is 1. The summed E-state index contributed by atoms with van der Waals surface area (Å²) >= 11 is 0. The first-order valence-electron chi connectivity index (χ1n) is 4.85. The van der Waals surface area contributed by atoms with Crippen LogP contribution in [0.5, 0.6) is 0 Å². The standard InChI is InChI=1S/C12H11NO2/c1-8-6-9-2-4-13-5-3-10(9)11(8)7-12(14)15/h2-5H,6-7H2,1H3/p+1. The van der Waals surface area contributed by atoms with Crippen molar-refractivity contribution in [2.75, 3.05) is 0 Å². The third-order valence-electron chi connectivity index (χ3n) is 2.66. The molecule has 0 unspecified atom stereocenters. The number of carbonyl (C=O) groups is 1. The van der Waals surface area contributed by atoms with Crippen LogP contribution in [0.15, 0.2) is 34.4 Å². The van der Waals surface area contributed by atoms with Gasteiger partial charge in [0.2, 0.25) is 0 Å². The van der Waals surface area contributed by atoms with Gasteiger partial charge in [-0.25, -0.2) is 0 Å². The van der Waals surface area contributed by atoms with Gasteiger partial charge in [0.25, 0.3) is 12.4 Å². The lowest BCUT2D eigenvalue weighted by Crippen LogP contribution is -1.99. The Bertz CT molecular complexity index is 472. The van der Waals surface area contributed by atoms with Crippen molar-refractivity contribution in [1.82, 2.24) is 4.67 Å². The lowest BCUT2D eigenvalue weighted by Gasteiger charge is -2.02. The summed E-state index contributed by atoms with van der Waals surface area (Å²) in [4.78, 5) is 10.7. The average molecular weight is 202 g/mol. The molecule has 1 heterocycles. The maximum absolute atomic E-state index is 10.7. The highest BCUT2D eigenvalue weighted by molar-refractivity contribution is 5.88. The fraction of sp³-hybridized carbons (Fsp3) is 0.250. The molecule has 0 amide bonds. The van der Waals surface area contributed by atoms with Crippen LogP contribution in [-0.2, 0) is 4.79 Å². The van der Waals surface area contributed by atoms with E-state index in [4.69, 9.17) is 5.11 Å². The van der Waals surface area contributed by atoms with Crippen LogP contribution in [0, 0.1) is 0 Å². The van der Waals surface area contributed by atoms with Crippen molar-refractivity contribution in [1.29, 1.82) is 0 Å². The van der Waals surface area contributed by atoms with Crippen LogP contribution in [0.3, 0.4) is 0 Å². The van der Waals surface area contributed by atoms with Gasteiger partial charge in [0.1, 0.15) is 0 Å². The van der Waals surface area contributed by atoms with Crippen LogP contribution in [0.2, 0.25) is 0 Å². The summed E-state index contributed by atoms with van der Waals surface area (Å²) in [5.41, 5.74) is 4.29. The monoisotopic (exact) mass is 202 g/mol. The number of carboxylic acid groups (broad SMARTS) is 1. The maximum Gasteiger partial charge on any atom is 0.307 e. The molecule has 3 nitrogen and oxygen atoms in total. The second-order valence-corrected chi connectivity index (χ2v) is 3.73. The average Bonchev–Trinajstić information content (AvgIpc) is 2.39. The number of allylic oxidation sites excluding steroid dienone is 5. The Morgan fingerprint density at radius 2 is 2.20 bits per heavy atom. The van der Waals surface area contributed by atoms with E-state index in [1.54, 1.807) is 12.4 Å². The normalized spacial score (nSPS) is 18.5. The molecule has 0 radical (unpaired) electrons. The first kappa shape index (κ1) is 9.69. The first-order chi connectivity index (χ1) is 7.18. The molecular weight excluding hydrogens is 190 g/mol. The molecule has 15 heavy (non-hydrogen) atoms. The van der Waals surface area contributed by atoms with Crippen molar-refractivity contribution in [2.24, 2.45) is 0 Å². The van der Waals surface area contributed by atoms with E-state index in [-0.39, 0.29) is 6.42 Å². The van der Waals surface area contributed by atoms with Crippen LogP contribution >= 0.6 is 0 Å². The molecule has 2 aliphatic rings. The minimum absolute atomic E-state index is 0.100. The molecule has 0 aromatic heterocycles. The summed E-state index contributed by atoms with van der Waals surface area (Å²) in [6.07, 6.45) is 8.24. The van der Waals surface area contributed by atoms with Crippen molar-refractivity contribution < 1.29 is 9.90 Å². The summed E-state index contributed by atoms with van der Waals surface area (Å²) in [5, 5.41) is 8.83. The Labute approximate surface area is 87.9 Å². The summed E-state index contributed by atoms with van der Waals surface area (Å²) in [5.74, 6) is -0.781. The molecule has 0 fully saturated rings. The van der Waals surface area contributed by atoms with E-state index in [9.17, 15) is 4.79 Å². The molecule has 0 aromatic rings. The SMILES string of the molecule is CC1=C(CC(=O)O)C2=CC=[N+]=CC=C2C1. The molecule has 0 saturated carbocycles. The second-order valence-electron chi connectivity index (χ2n) is 3.73. The van der Waals surface area contributed by atoms with Gasteiger partial charge in [-0.3, -0.25) is 4.79 Å². The van der Waals surface area contributed by atoms with Crippen molar-refractivity contribution in [3.8, 4) is 0 Å². The predicted octanol–water partition coefficient (Wildman–Crippen LogP) is 1.26. The van der Waals surface area contributed by atoms with Gasteiger partial charge in [-0.1, -0.05) is 5.57 Å². The molecule has 0 atom stereocenters. The minimum atomic E-state index is -0.781. The highest BCUT2D eigenvalue weighted by Gasteiger charge is 2.24. The van der Waals surface area contributed by atoms with E-state index >= 15 is 0 Å². The zero-order chi connectivity index (χ0) is 10.8. The van der Waals surface area contributed by atoms with Gasteiger partial charge >= 0.3 is 5.97 Å². The quantitative estimate of drug-likeness (QED) is 0.685. The molecule has 0 spiro atoms. The Balaban J connectivity index is 2.39. The van der Waals surface area contributed by atoms with Gasteiger partial charge in [-0.05, 0) is 30.1 Å². The molecule has 2 rings (SSSR count). The van der Waals surface area contributed by atoms with Gasteiger partial charge in [-0.15, -0.1) is 4.67 Å². The summed E-state index contributed by atoms with van der Waals surface area (Å²) in [6, 6.07) is 0. The van der Waals surface area contributed by atoms with Crippen LogP contribution < -0.4 is 4.67 Å². The zero-order valence-electron chi connectivity index (χ0n) is 8.53. The van der Waals surface area contributed by atoms with Gasteiger partial charge in [0.05, 0.1) is 6.42 Å². The second kappa shape index (κ2) is 3.71. The van der Waals surface area contributed by atoms with Crippen molar-refractivity contribution in [3.05, 3.63) is 34.4 Å². The highest BCUT2D eigenvalue weighted by atomic mass is 16.4. The van der Waals surface area contributed by atoms with Crippen LogP contribution in [0.25, 0.3) is 0 Å². The Morgan fingerprint density at radius 3 is 2.93 bits per heavy atom. The predicted molar refractivity (Wildman–Crippen MR) is 60.0 cm³/mol. The fourth-order valence-electron chi connectivity index (χ4n) is 1.97. The number of hydrogen-bond donors (Lipinski definition) is 1. The van der Waals surface area contributed by atoms with E-state index in [1.807, 2.05) is 19.1 Å². The molecule has 1 N–H and O–H groups in total. The van der Waals surface area contributed by atoms with E-state index in [2.05, 4.69) is 4.67 Å². The molecule has 0 aromatic carbocycles. The molecule has 76 valence electrons. The smallest absolute Gasteiger partial charge is 0.307 e. The maximum atomic E-state index is 10.7. The van der Waals surface area contributed by atoms with Crippen LogP contribution in [-0.4, -0.2) is 23.5 Å². The largest absolute Gasteiger partial charge is 0.481 e. The molecule has 0 saturated heterocycles. The minimum Gasteiger partial charge on any atom is -0.481 e. The topological polar surface area (TPSA) is 51.4 Å². The zero-order valence-corrected chi connectivity index (χ0v) is 8.53. The number of aliphatic carboxylic acids is 1. The Kier molecular flexibility index (Phi) is 2.40. The summed E-state index contributed by atoms with van der Waals surface area (Å²) in [7, 11) is 0. The fourth-order valence-corrected chi connectivity index (χ4v) is 1.97. The van der Waals surface area contributed by atoms with Crippen LogP contribution in [0.1, 0.15) is 19.8 Å². The third kappa shape index (κ3) is 1.83. The van der Waals surface area contributed by atoms with Crippen molar-refractivity contribution in [2.45, 2.75) is 19.8 Å². The Morgan fingerprint density at radius 1 is 1.47 bits per heavy atom. The summed E-state index contributed by atoms with van der Waals surface area (Å²) in [6.45, 7) is 1.99. The van der Waals surface area contributed by atoms with Gasteiger partial charge in [0, 0.05) is 12.2 Å². The molecule has 1 aliphatic carbocycles. The van der Waals surface area contributed by atoms with Crippen LogP contribution in [0.4, 0.5) is 0 Å². The number of nitrogens with zero attached hydrogens (tertiary/aromatic N) is 1. The number of fused-ring (bicyclic) bond motifs is 1.